The molecular formula is C25H31NO6S. The molecule has 178 valence electrons. The summed E-state index contributed by atoms with van der Waals surface area (Å²) < 4.78 is 42.2. The second-order valence-electron chi connectivity index (χ2n) is 8.96. The monoisotopic (exact) mass is 473 g/mol. The molecule has 0 N–H and O–H groups in total. The molecular weight excluding hydrogens is 442 g/mol. The van der Waals surface area contributed by atoms with Crippen molar-refractivity contribution in [2.24, 2.45) is 5.92 Å². The van der Waals surface area contributed by atoms with E-state index in [1.807, 2.05) is 44.2 Å². The van der Waals surface area contributed by atoms with E-state index >= 15 is 0 Å². The quantitative estimate of drug-likeness (QED) is 0.517. The molecule has 1 amide bonds. The molecule has 2 aromatic rings. The topological polar surface area (TPSA) is 82.1 Å². The molecule has 2 aliphatic rings. The van der Waals surface area contributed by atoms with Crippen molar-refractivity contribution in [3.05, 3.63) is 65.7 Å². The van der Waals surface area contributed by atoms with E-state index in [9.17, 15) is 13.2 Å². The van der Waals surface area contributed by atoms with E-state index in [0.717, 1.165) is 11.1 Å². The first kappa shape index (κ1) is 23.9. The summed E-state index contributed by atoms with van der Waals surface area (Å²) in [5.41, 5.74) is 1.96. The van der Waals surface area contributed by atoms with Crippen molar-refractivity contribution in [1.29, 1.82) is 0 Å². The van der Waals surface area contributed by atoms with E-state index in [0.29, 0.717) is 39.0 Å². The van der Waals surface area contributed by atoms with Gasteiger partial charge in [-0.1, -0.05) is 48.0 Å². The Balaban J connectivity index is 1.46. The predicted octanol–water partition coefficient (Wildman–Crippen LogP) is 3.66. The molecule has 0 bridgehead atoms. The Morgan fingerprint density at radius 2 is 1.73 bits per heavy atom. The van der Waals surface area contributed by atoms with Gasteiger partial charge in [0, 0.05) is 18.9 Å². The Bertz CT molecular complexity index is 1050. The van der Waals surface area contributed by atoms with Crippen LogP contribution in [0.2, 0.25) is 0 Å². The van der Waals surface area contributed by atoms with Crippen LogP contribution in [0, 0.1) is 12.8 Å². The molecule has 0 unspecified atom stereocenters. The summed E-state index contributed by atoms with van der Waals surface area (Å²) >= 11 is 0. The largest absolute Gasteiger partial charge is 0.348 e. The Hall–Kier alpha value is -2.26. The van der Waals surface area contributed by atoms with E-state index in [4.69, 9.17) is 13.7 Å². The summed E-state index contributed by atoms with van der Waals surface area (Å²) in [4.78, 5) is 15.2. The highest BCUT2D eigenvalue weighted by atomic mass is 32.2. The lowest BCUT2D eigenvalue weighted by Crippen LogP contribution is -2.36. The normalized spacial score (nSPS) is 22.7. The molecule has 33 heavy (non-hydrogen) atoms. The zero-order chi connectivity index (χ0) is 23.5. The summed E-state index contributed by atoms with van der Waals surface area (Å²) in [5, 5.41) is 0. The van der Waals surface area contributed by atoms with Crippen LogP contribution in [-0.4, -0.2) is 50.9 Å². The number of hydrogen-bond donors (Lipinski definition) is 0. The minimum atomic E-state index is -3.91. The third-order valence-corrected chi connectivity index (χ3v) is 7.69. The lowest BCUT2D eigenvalue weighted by molar-refractivity contribution is -0.151. The minimum Gasteiger partial charge on any atom is -0.348 e. The number of amides is 1. The Morgan fingerprint density at radius 1 is 1.06 bits per heavy atom. The fourth-order valence-electron chi connectivity index (χ4n) is 4.44. The fourth-order valence-corrected chi connectivity index (χ4v) is 5.38. The minimum absolute atomic E-state index is 0.0155. The average molecular weight is 474 g/mol. The third kappa shape index (κ3) is 5.81. The van der Waals surface area contributed by atoms with Crippen molar-refractivity contribution >= 4 is 16.0 Å². The molecule has 0 saturated carbocycles. The van der Waals surface area contributed by atoms with E-state index in [-0.39, 0.29) is 29.4 Å². The van der Waals surface area contributed by atoms with Gasteiger partial charge in [0.1, 0.15) is 0 Å². The van der Waals surface area contributed by atoms with Gasteiger partial charge in [0.2, 0.25) is 5.91 Å². The van der Waals surface area contributed by atoms with Crippen LogP contribution < -0.4 is 0 Å². The number of benzene rings is 2. The number of likely N-dealkylation sites (tertiary alicyclic amines) is 1. The molecule has 0 aliphatic carbocycles. The van der Waals surface area contributed by atoms with Crippen LogP contribution in [-0.2, 0) is 35.1 Å². The molecule has 2 saturated heterocycles. The fraction of sp³-hybridized carbons (Fsp3) is 0.480. The highest BCUT2D eigenvalue weighted by Crippen LogP contribution is 2.34. The van der Waals surface area contributed by atoms with Gasteiger partial charge in [-0.3, -0.25) is 8.98 Å². The molecule has 2 aromatic carbocycles. The SMILES string of the molecule is Cc1ccc(S(=O)(=O)OC[C@@H]2C[C@H](CCC3(C)OCCO3)C(=O)N2Cc2ccccc2)cc1. The number of carbonyl (C=O) groups excluding carboxylic acids is 1. The van der Waals surface area contributed by atoms with Crippen molar-refractivity contribution in [3.63, 3.8) is 0 Å². The second kappa shape index (κ2) is 9.93. The van der Waals surface area contributed by atoms with Crippen LogP contribution >= 0.6 is 0 Å². The summed E-state index contributed by atoms with van der Waals surface area (Å²) in [7, 11) is -3.91. The van der Waals surface area contributed by atoms with Crippen molar-refractivity contribution in [2.75, 3.05) is 19.8 Å². The zero-order valence-electron chi connectivity index (χ0n) is 19.1. The van der Waals surface area contributed by atoms with Gasteiger partial charge < -0.3 is 14.4 Å². The smallest absolute Gasteiger partial charge is 0.297 e. The van der Waals surface area contributed by atoms with E-state index in [2.05, 4.69) is 0 Å². The van der Waals surface area contributed by atoms with Crippen LogP contribution in [0.15, 0.2) is 59.5 Å². The van der Waals surface area contributed by atoms with Crippen LogP contribution in [0.5, 0.6) is 0 Å². The van der Waals surface area contributed by atoms with Gasteiger partial charge in [-0.25, -0.2) is 0 Å². The van der Waals surface area contributed by atoms with Gasteiger partial charge in [0.15, 0.2) is 5.79 Å². The van der Waals surface area contributed by atoms with Gasteiger partial charge >= 0.3 is 0 Å². The van der Waals surface area contributed by atoms with E-state index in [1.54, 1.807) is 17.0 Å². The maximum absolute atomic E-state index is 13.3. The number of nitrogens with zero attached hydrogens (tertiary/aromatic N) is 1. The second-order valence-corrected chi connectivity index (χ2v) is 10.6. The molecule has 2 aliphatic heterocycles. The standard InChI is InChI=1S/C25H31NO6S/c1-19-8-10-23(11-9-19)33(28,29)32-18-22-16-21(12-13-25(2)30-14-15-31-25)24(27)26(22)17-20-6-4-3-5-7-20/h3-11,21-22H,12-18H2,1-2H3/t21-,22-/m0/s1. The number of rotatable bonds is 9. The molecule has 0 aromatic heterocycles. The molecule has 2 atom stereocenters. The molecule has 0 radical (unpaired) electrons. The van der Waals surface area contributed by atoms with Gasteiger partial charge in [-0.05, 0) is 44.4 Å². The van der Waals surface area contributed by atoms with Crippen molar-refractivity contribution in [3.8, 4) is 0 Å². The van der Waals surface area contributed by atoms with Crippen LogP contribution in [0.1, 0.15) is 37.3 Å². The maximum atomic E-state index is 13.3. The first-order valence-electron chi connectivity index (χ1n) is 11.3. The van der Waals surface area contributed by atoms with Gasteiger partial charge in [-0.15, -0.1) is 0 Å². The number of ether oxygens (including phenoxy) is 2. The van der Waals surface area contributed by atoms with Crippen LogP contribution in [0.25, 0.3) is 0 Å². The summed E-state index contributed by atoms with van der Waals surface area (Å²) in [6.07, 6.45) is 1.75. The molecule has 7 nitrogen and oxygen atoms in total. The van der Waals surface area contributed by atoms with Gasteiger partial charge in [-0.2, -0.15) is 8.42 Å². The van der Waals surface area contributed by atoms with Crippen molar-refractivity contribution in [1.82, 2.24) is 4.90 Å². The molecule has 4 rings (SSSR count). The Kier molecular flexibility index (Phi) is 7.19. The Morgan fingerprint density at radius 3 is 2.39 bits per heavy atom. The van der Waals surface area contributed by atoms with E-state index < -0.39 is 15.9 Å². The molecule has 2 fully saturated rings. The third-order valence-electron chi connectivity index (χ3n) is 6.40. The van der Waals surface area contributed by atoms with E-state index in [1.165, 1.54) is 12.1 Å². The average Bonchev–Trinajstić information content (AvgIpc) is 3.36. The van der Waals surface area contributed by atoms with Crippen LogP contribution in [0.3, 0.4) is 0 Å². The first-order valence-corrected chi connectivity index (χ1v) is 12.7. The molecule has 0 spiro atoms. The van der Waals surface area contributed by atoms with Crippen LogP contribution in [0.4, 0.5) is 0 Å². The number of carbonyl (C=O) groups is 1. The maximum Gasteiger partial charge on any atom is 0.297 e. The highest BCUT2D eigenvalue weighted by molar-refractivity contribution is 7.86. The molecule has 2 heterocycles. The van der Waals surface area contributed by atoms with Gasteiger partial charge in [0.05, 0.1) is 30.8 Å². The number of hydrogen-bond acceptors (Lipinski definition) is 6. The summed E-state index contributed by atoms with van der Waals surface area (Å²) in [6, 6.07) is 15.9. The molecule has 8 heteroatoms. The lowest BCUT2D eigenvalue weighted by Gasteiger charge is -2.25. The van der Waals surface area contributed by atoms with Gasteiger partial charge in [0.25, 0.3) is 10.1 Å². The zero-order valence-corrected chi connectivity index (χ0v) is 19.9. The summed E-state index contributed by atoms with van der Waals surface area (Å²) in [6.45, 7) is 5.25. The lowest BCUT2D eigenvalue weighted by atomic mass is 9.97. The predicted molar refractivity (Wildman–Crippen MR) is 123 cm³/mol. The number of aryl methyl sites for hydroxylation is 1. The van der Waals surface area contributed by atoms with Crippen molar-refractivity contribution < 1.29 is 26.9 Å². The first-order chi connectivity index (χ1) is 15.8. The highest BCUT2D eigenvalue weighted by Gasteiger charge is 2.42. The summed E-state index contributed by atoms with van der Waals surface area (Å²) in [5.74, 6) is -0.871. The Labute approximate surface area is 195 Å². The van der Waals surface area contributed by atoms with Crippen molar-refractivity contribution in [2.45, 2.75) is 56.4 Å².